The molecule has 0 aliphatic rings. The molecule has 6 nitrogen and oxygen atoms in total. The molecule has 3 aromatic rings. The molecule has 2 aromatic carbocycles. The van der Waals surface area contributed by atoms with E-state index in [9.17, 15) is 0 Å². The number of nitrogens with zero attached hydrogens (tertiary/aromatic N) is 1. The van der Waals surface area contributed by atoms with Crippen LogP contribution in [0.15, 0.2) is 48.8 Å². The molecule has 1 heterocycles. The van der Waals surface area contributed by atoms with Gasteiger partial charge in [-0.1, -0.05) is 12.1 Å². The van der Waals surface area contributed by atoms with Crippen molar-refractivity contribution in [3.05, 3.63) is 59.9 Å². The first kappa shape index (κ1) is 16.7. The van der Waals surface area contributed by atoms with Crippen LogP contribution in [-0.2, 0) is 6.42 Å². The molecule has 0 aliphatic heterocycles. The van der Waals surface area contributed by atoms with Crippen LogP contribution in [0, 0.1) is 0 Å². The van der Waals surface area contributed by atoms with E-state index in [0.717, 1.165) is 34.1 Å². The van der Waals surface area contributed by atoms with Crippen molar-refractivity contribution in [2.75, 3.05) is 26.6 Å². The summed E-state index contributed by atoms with van der Waals surface area (Å²) in [5, 5.41) is 3.20. The number of anilines is 2. The topological polar surface area (TPSA) is 68.4 Å². The minimum Gasteiger partial charge on any atom is -0.496 e. The largest absolute Gasteiger partial charge is 0.496 e. The first-order chi connectivity index (χ1) is 12.2. The van der Waals surface area contributed by atoms with E-state index in [4.69, 9.17) is 14.2 Å². The van der Waals surface area contributed by atoms with E-state index in [2.05, 4.69) is 15.3 Å². The SMILES string of the molecule is COc1cc(Nc2ncc[nH]2)ccc1Cc1c(OC)cccc1OC. The van der Waals surface area contributed by atoms with E-state index in [-0.39, 0.29) is 0 Å². The number of hydrogen-bond donors (Lipinski definition) is 2. The maximum Gasteiger partial charge on any atom is 0.204 e. The number of methoxy groups -OCH3 is 3. The number of ether oxygens (including phenoxy) is 3. The van der Waals surface area contributed by atoms with Gasteiger partial charge in [0.05, 0.1) is 21.3 Å². The van der Waals surface area contributed by atoms with Crippen molar-refractivity contribution in [3.8, 4) is 17.2 Å². The Labute approximate surface area is 146 Å². The van der Waals surface area contributed by atoms with Crippen LogP contribution in [0.25, 0.3) is 0 Å². The minimum atomic E-state index is 0.636. The summed E-state index contributed by atoms with van der Waals surface area (Å²) in [5.41, 5.74) is 2.91. The Bertz CT molecular complexity index is 810. The summed E-state index contributed by atoms with van der Waals surface area (Å²) in [6, 6.07) is 11.7. The third-order valence-corrected chi connectivity index (χ3v) is 3.95. The summed E-state index contributed by atoms with van der Waals surface area (Å²) >= 11 is 0. The van der Waals surface area contributed by atoms with Crippen molar-refractivity contribution in [3.63, 3.8) is 0 Å². The Morgan fingerprint density at radius 1 is 0.960 bits per heavy atom. The second kappa shape index (κ2) is 7.61. The Morgan fingerprint density at radius 3 is 2.28 bits per heavy atom. The second-order valence-corrected chi connectivity index (χ2v) is 5.41. The van der Waals surface area contributed by atoms with Crippen molar-refractivity contribution in [1.29, 1.82) is 0 Å². The van der Waals surface area contributed by atoms with Crippen LogP contribution in [-0.4, -0.2) is 31.3 Å². The van der Waals surface area contributed by atoms with Crippen molar-refractivity contribution >= 4 is 11.6 Å². The average Bonchev–Trinajstić information content (AvgIpc) is 3.16. The van der Waals surface area contributed by atoms with E-state index in [1.165, 1.54) is 0 Å². The van der Waals surface area contributed by atoms with Gasteiger partial charge in [0.15, 0.2) is 0 Å². The van der Waals surface area contributed by atoms with E-state index in [1.54, 1.807) is 33.7 Å². The van der Waals surface area contributed by atoms with Gasteiger partial charge >= 0.3 is 0 Å². The Balaban J connectivity index is 1.90. The summed E-state index contributed by atoms with van der Waals surface area (Å²) in [5.74, 6) is 3.05. The molecule has 0 unspecified atom stereocenters. The van der Waals surface area contributed by atoms with E-state index < -0.39 is 0 Å². The highest BCUT2D eigenvalue weighted by Gasteiger charge is 2.14. The molecular weight excluding hydrogens is 318 g/mol. The molecule has 0 saturated carbocycles. The summed E-state index contributed by atoms with van der Waals surface area (Å²) in [6.45, 7) is 0. The number of aromatic nitrogens is 2. The minimum absolute atomic E-state index is 0.636. The fraction of sp³-hybridized carbons (Fsp3) is 0.211. The van der Waals surface area contributed by atoms with Crippen molar-refractivity contribution < 1.29 is 14.2 Å². The van der Waals surface area contributed by atoms with Gasteiger partial charge in [-0.15, -0.1) is 0 Å². The predicted molar refractivity (Wildman–Crippen MR) is 97.2 cm³/mol. The zero-order valence-electron chi connectivity index (χ0n) is 14.5. The highest BCUT2D eigenvalue weighted by molar-refractivity contribution is 5.59. The summed E-state index contributed by atoms with van der Waals surface area (Å²) in [7, 11) is 4.98. The number of nitrogens with one attached hydrogen (secondary N) is 2. The zero-order chi connectivity index (χ0) is 17.6. The van der Waals surface area contributed by atoms with Crippen LogP contribution in [0.3, 0.4) is 0 Å². The van der Waals surface area contributed by atoms with Gasteiger partial charge in [-0.25, -0.2) is 4.98 Å². The lowest BCUT2D eigenvalue weighted by Crippen LogP contribution is -2.01. The highest BCUT2D eigenvalue weighted by Crippen LogP contribution is 2.34. The number of benzene rings is 2. The van der Waals surface area contributed by atoms with E-state index >= 15 is 0 Å². The summed E-state index contributed by atoms with van der Waals surface area (Å²) in [6.07, 6.45) is 4.10. The Hall–Kier alpha value is -3.15. The maximum atomic E-state index is 5.57. The molecule has 1 aromatic heterocycles. The molecular formula is C19H21N3O3. The molecule has 0 radical (unpaired) electrons. The van der Waals surface area contributed by atoms with Crippen LogP contribution in [0.4, 0.5) is 11.6 Å². The monoisotopic (exact) mass is 339 g/mol. The lowest BCUT2D eigenvalue weighted by atomic mass is 10.0. The van der Waals surface area contributed by atoms with Crippen molar-refractivity contribution in [2.24, 2.45) is 0 Å². The third kappa shape index (κ3) is 3.68. The fourth-order valence-corrected chi connectivity index (χ4v) is 2.73. The van der Waals surface area contributed by atoms with Gasteiger partial charge in [-0.3, -0.25) is 0 Å². The number of rotatable bonds is 7. The molecule has 25 heavy (non-hydrogen) atoms. The van der Waals surface area contributed by atoms with Crippen LogP contribution in [0.1, 0.15) is 11.1 Å². The van der Waals surface area contributed by atoms with Crippen LogP contribution in [0.5, 0.6) is 17.2 Å². The molecule has 0 saturated heterocycles. The lowest BCUT2D eigenvalue weighted by molar-refractivity contribution is 0.385. The second-order valence-electron chi connectivity index (χ2n) is 5.41. The van der Waals surface area contributed by atoms with E-state index in [0.29, 0.717) is 12.4 Å². The highest BCUT2D eigenvalue weighted by atomic mass is 16.5. The van der Waals surface area contributed by atoms with Gasteiger partial charge in [0, 0.05) is 36.1 Å². The zero-order valence-corrected chi connectivity index (χ0v) is 14.5. The molecule has 0 atom stereocenters. The standard InChI is InChI=1S/C19H21N3O3/c1-23-16-5-4-6-17(24-2)15(16)11-13-7-8-14(12-18(13)25-3)22-19-20-9-10-21-19/h4-10,12H,11H2,1-3H3,(H2,20,21,22). The van der Waals surface area contributed by atoms with Gasteiger partial charge in [0.1, 0.15) is 17.2 Å². The van der Waals surface area contributed by atoms with Crippen LogP contribution < -0.4 is 19.5 Å². The maximum absolute atomic E-state index is 5.57. The first-order valence-electron chi connectivity index (χ1n) is 7.88. The fourth-order valence-electron chi connectivity index (χ4n) is 2.73. The number of imidazole rings is 1. The van der Waals surface area contributed by atoms with Gasteiger partial charge in [-0.2, -0.15) is 0 Å². The van der Waals surface area contributed by atoms with Crippen molar-refractivity contribution in [2.45, 2.75) is 6.42 Å². The molecule has 6 heteroatoms. The quantitative estimate of drug-likeness (QED) is 0.686. The Kier molecular flexibility index (Phi) is 5.09. The predicted octanol–water partition coefficient (Wildman–Crippen LogP) is 3.77. The molecule has 130 valence electrons. The van der Waals surface area contributed by atoms with Crippen LogP contribution in [0.2, 0.25) is 0 Å². The average molecular weight is 339 g/mol. The smallest absolute Gasteiger partial charge is 0.204 e. The summed E-state index contributed by atoms with van der Waals surface area (Å²) in [4.78, 5) is 7.17. The molecule has 0 spiro atoms. The van der Waals surface area contributed by atoms with E-state index in [1.807, 2.05) is 36.4 Å². The van der Waals surface area contributed by atoms with Gasteiger partial charge in [0.2, 0.25) is 5.95 Å². The molecule has 0 bridgehead atoms. The molecule has 2 N–H and O–H groups in total. The van der Waals surface area contributed by atoms with Gasteiger partial charge in [0.25, 0.3) is 0 Å². The number of H-pyrrole nitrogens is 1. The third-order valence-electron chi connectivity index (χ3n) is 3.95. The number of aromatic amines is 1. The van der Waals surface area contributed by atoms with Gasteiger partial charge in [-0.05, 0) is 23.8 Å². The molecule has 0 amide bonds. The molecule has 0 aliphatic carbocycles. The normalized spacial score (nSPS) is 10.4. The summed E-state index contributed by atoms with van der Waals surface area (Å²) < 4.78 is 16.5. The van der Waals surface area contributed by atoms with Crippen LogP contribution >= 0.6 is 0 Å². The Morgan fingerprint density at radius 2 is 1.68 bits per heavy atom. The van der Waals surface area contributed by atoms with Gasteiger partial charge < -0.3 is 24.5 Å². The molecule has 3 rings (SSSR count). The molecule has 0 fully saturated rings. The lowest BCUT2D eigenvalue weighted by Gasteiger charge is -2.15. The van der Waals surface area contributed by atoms with Crippen molar-refractivity contribution in [1.82, 2.24) is 9.97 Å². The number of hydrogen-bond acceptors (Lipinski definition) is 5. The first-order valence-corrected chi connectivity index (χ1v) is 7.88.